The lowest BCUT2D eigenvalue weighted by Gasteiger charge is -2.12. The van der Waals surface area contributed by atoms with Crippen molar-refractivity contribution in [3.63, 3.8) is 0 Å². The smallest absolute Gasteiger partial charge is 0.160 e. The van der Waals surface area contributed by atoms with Gasteiger partial charge in [0.25, 0.3) is 0 Å². The number of nitrogens with zero attached hydrogens (tertiary/aromatic N) is 10. The molecular weight excluding hydrogens is 645 g/mol. The molecule has 7 aromatic rings. The molecule has 0 amide bonds. The fourth-order valence-corrected chi connectivity index (χ4v) is 5.52. The van der Waals surface area contributed by atoms with Crippen LogP contribution in [0.3, 0.4) is 0 Å². The van der Waals surface area contributed by atoms with Crippen molar-refractivity contribution >= 4 is 39.3 Å². The number of rotatable bonds is 4. The van der Waals surface area contributed by atoms with Gasteiger partial charge in [-0.05, 0) is 77.8 Å². The molecule has 0 spiro atoms. The van der Waals surface area contributed by atoms with Crippen LogP contribution < -0.4 is 0 Å². The van der Waals surface area contributed by atoms with E-state index in [1.807, 2.05) is 61.6 Å². The Kier molecular flexibility index (Phi) is 17.7. The molecule has 6 heterocycles. The average molecular weight is 707 g/mol. The second-order valence-electron chi connectivity index (χ2n) is 12.9. The van der Waals surface area contributed by atoms with E-state index in [2.05, 4.69) is 122 Å². The average Bonchev–Trinajstić information content (AvgIpc) is 3.89. The highest BCUT2D eigenvalue weighted by molar-refractivity contribution is 5.75. The molecule has 1 aliphatic rings. The molecule has 10 nitrogen and oxygen atoms in total. The lowest BCUT2D eigenvalue weighted by atomic mass is 9.95. The van der Waals surface area contributed by atoms with Crippen molar-refractivity contribution in [1.82, 2.24) is 48.6 Å². The third-order valence-corrected chi connectivity index (χ3v) is 8.15. The van der Waals surface area contributed by atoms with Crippen molar-refractivity contribution in [2.24, 2.45) is 5.92 Å². The van der Waals surface area contributed by atoms with Gasteiger partial charge in [-0.2, -0.15) is 0 Å². The molecule has 6 aromatic heterocycles. The lowest BCUT2D eigenvalue weighted by Crippen LogP contribution is -2.04. The molecule has 52 heavy (non-hydrogen) atoms. The van der Waals surface area contributed by atoms with Gasteiger partial charge in [-0.3, -0.25) is 4.98 Å². The summed E-state index contributed by atoms with van der Waals surface area (Å²) in [6.07, 6.45) is 18.8. The highest BCUT2D eigenvalue weighted by Gasteiger charge is 2.21. The van der Waals surface area contributed by atoms with Crippen molar-refractivity contribution in [1.29, 1.82) is 0 Å². The maximum Gasteiger partial charge on any atom is 0.160 e. The summed E-state index contributed by atoms with van der Waals surface area (Å²) in [6.45, 7) is 17.3. The van der Waals surface area contributed by atoms with Crippen LogP contribution in [0.4, 0.5) is 0 Å². The molecule has 280 valence electrons. The van der Waals surface area contributed by atoms with E-state index < -0.39 is 0 Å². The van der Waals surface area contributed by atoms with Crippen LogP contribution in [0.25, 0.3) is 39.3 Å². The number of pyridine rings is 2. The summed E-state index contributed by atoms with van der Waals surface area (Å²) in [5.41, 5.74) is 8.69. The Labute approximate surface area is 312 Å². The number of para-hydroxylation sites is 2. The van der Waals surface area contributed by atoms with Gasteiger partial charge in [0, 0.05) is 48.2 Å². The third-order valence-electron chi connectivity index (χ3n) is 8.15. The summed E-state index contributed by atoms with van der Waals surface area (Å²) < 4.78 is 6.38. The number of benzene rings is 1. The van der Waals surface area contributed by atoms with E-state index in [1.54, 1.807) is 24.9 Å². The van der Waals surface area contributed by atoms with Gasteiger partial charge in [-0.25, -0.2) is 29.9 Å². The van der Waals surface area contributed by atoms with Gasteiger partial charge >= 0.3 is 0 Å². The van der Waals surface area contributed by atoms with Crippen LogP contribution >= 0.6 is 0 Å². The molecular formula is C42H62N10. The minimum Gasteiger partial charge on any atom is -0.328 e. The van der Waals surface area contributed by atoms with Gasteiger partial charge in [0.1, 0.15) is 17.4 Å². The minimum absolute atomic E-state index is 0. The summed E-state index contributed by atoms with van der Waals surface area (Å²) >= 11 is 0. The predicted octanol–water partition coefficient (Wildman–Crippen LogP) is 11.4. The van der Waals surface area contributed by atoms with E-state index in [4.69, 9.17) is 0 Å². The summed E-state index contributed by atoms with van der Waals surface area (Å²) in [6, 6.07) is 15.4. The summed E-state index contributed by atoms with van der Waals surface area (Å²) in [7, 11) is 0. The maximum absolute atomic E-state index is 4.30. The molecule has 8 rings (SSSR count). The largest absolute Gasteiger partial charge is 0.328 e. The van der Waals surface area contributed by atoms with E-state index in [0.717, 1.165) is 27.7 Å². The lowest BCUT2D eigenvalue weighted by molar-refractivity contribution is 0.572. The molecule has 0 bridgehead atoms. The van der Waals surface area contributed by atoms with Crippen LogP contribution in [0.15, 0.2) is 98.6 Å². The van der Waals surface area contributed by atoms with E-state index in [1.165, 1.54) is 16.8 Å². The maximum atomic E-state index is 4.30. The number of hydrogen-bond donors (Lipinski definition) is 0. The second kappa shape index (κ2) is 20.6. The summed E-state index contributed by atoms with van der Waals surface area (Å²) in [5.74, 6) is 1.11. The molecule has 0 aliphatic heterocycles. The quantitative estimate of drug-likeness (QED) is 0.179. The van der Waals surface area contributed by atoms with Crippen LogP contribution in [0.1, 0.15) is 120 Å². The molecule has 1 aromatic carbocycles. The Morgan fingerprint density at radius 1 is 0.538 bits per heavy atom. The van der Waals surface area contributed by atoms with Gasteiger partial charge in [-0.1, -0.05) is 67.8 Å². The Morgan fingerprint density at radius 3 is 1.77 bits per heavy atom. The zero-order valence-electron chi connectivity index (χ0n) is 29.2. The number of imidazole rings is 3. The predicted molar refractivity (Wildman–Crippen MR) is 222 cm³/mol. The number of aromatic nitrogens is 10. The molecule has 0 saturated carbocycles. The minimum atomic E-state index is 0. The standard InChI is InChI=1S/2C10H12N2.2C9H11N3.4CH4/c1-7(2)9-4-3-8-5-11-6-12-10(8)9;1-8(2)12-7-11-9-5-3-4-6-10(9)12;1-7(2)12-6-11-8-5-10-4-3-9(8)12;1-7(2)12-6-11-8-4-3-5-10-9(8)12;;;;/h3-7,9H,1-2H3;3-8H,1-2H3;2*3-7H,1-2H3;4*1H4. The molecule has 0 radical (unpaired) electrons. The van der Waals surface area contributed by atoms with Crippen molar-refractivity contribution in [2.45, 2.75) is 109 Å². The van der Waals surface area contributed by atoms with E-state index in [9.17, 15) is 0 Å². The molecule has 0 fully saturated rings. The highest BCUT2D eigenvalue weighted by atomic mass is 15.1. The van der Waals surface area contributed by atoms with Gasteiger partial charge in [0.05, 0.1) is 47.4 Å². The first-order valence-corrected chi connectivity index (χ1v) is 16.6. The van der Waals surface area contributed by atoms with Gasteiger partial charge in [-0.15, -0.1) is 0 Å². The van der Waals surface area contributed by atoms with Crippen LogP contribution in [0.2, 0.25) is 0 Å². The fraction of sp³-hybridized carbons (Fsp3) is 0.405. The Hall–Kier alpha value is -5.25. The van der Waals surface area contributed by atoms with E-state index in [0.29, 0.717) is 30.0 Å². The fourth-order valence-electron chi connectivity index (χ4n) is 5.52. The summed E-state index contributed by atoms with van der Waals surface area (Å²) in [5, 5.41) is 0. The second-order valence-corrected chi connectivity index (χ2v) is 12.9. The normalized spacial score (nSPS) is 12.4. The number of fused-ring (bicyclic) bond motifs is 4. The van der Waals surface area contributed by atoms with Crippen LogP contribution in [0, 0.1) is 5.92 Å². The first-order valence-electron chi connectivity index (χ1n) is 16.6. The van der Waals surface area contributed by atoms with Crippen molar-refractivity contribution in [3.05, 3.63) is 110 Å². The Balaban J connectivity index is 0.000000338. The molecule has 1 unspecified atom stereocenters. The highest BCUT2D eigenvalue weighted by Crippen LogP contribution is 2.32. The zero-order chi connectivity index (χ0) is 34.2. The van der Waals surface area contributed by atoms with Crippen LogP contribution in [-0.4, -0.2) is 48.6 Å². The zero-order valence-corrected chi connectivity index (χ0v) is 29.2. The van der Waals surface area contributed by atoms with Crippen molar-refractivity contribution in [3.8, 4) is 0 Å². The van der Waals surface area contributed by atoms with Crippen molar-refractivity contribution in [2.75, 3.05) is 0 Å². The van der Waals surface area contributed by atoms with Crippen LogP contribution in [-0.2, 0) is 0 Å². The molecule has 10 heteroatoms. The molecule has 1 atom stereocenters. The number of hydrogen-bond acceptors (Lipinski definition) is 7. The molecule has 1 aliphatic carbocycles. The van der Waals surface area contributed by atoms with Crippen molar-refractivity contribution < 1.29 is 0 Å². The van der Waals surface area contributed by atoms with Gasteiger partial charge in [0.2, 0.25) is 0 Å². The van der Waals surface area contributed by atoms with Crippen LogP contribution in [0.5, 0.6) is 0 Å². The Morgan fingerprint density at radius 2 is 1.12 bits per heavy atom. The topological polar surface area (TPSA) is 105 Å². The third kappa shape index (κ3) is 10.4. The number of allylic oxidation sites excluding steroid dienone is 1. The van der Waals surface area contributed by atoms with Gasteiger partial charge in [0.15, 0.2) is 5.65 Å². The van der Waals surface area contributed by atoms with E-state index >= 15 is 0 Å². The SMILES string of the molecule is C.C.C.C.CC(C)C1C=Cc2cncnc21.CC(C)n1cnc2ccccc21.CC(C)n1cnc2cccnc21.CC(C)n1cnc2cnccc21. The molecule has 0 saturated heterocycles. The van der Waals surface area contributed by atoms with E-state index in [-0.39, 0.29) is 29.7 Å². The Bertz CT molecular complexity index is 1900. The monoisotopic (exact) mass is 707 g/mol. The van der Waals surface area contributed by atoms with Gasteiger partial charge < -0.3 is 13.7 Å². The summed E-state index contributed by atoms with van der Waals surface area (Å²) in [4.78, 5) is 29.3. The first kappa shape index (κ1) is 44.8. The molecule has 0 N–H and O–H groups in total. The first-order chi connectivity index (χ1) is 23.2.